The molecular formula is C10H18O7S. The van der Waals surface area contributed by atoms with Crippen molar-refractivity contribution in [3.8, 4) is 0 Å². The van der Waals surface area contributed by atoms with Gasteiger partial charge in [-0.05, 0) is 6.92 Å². The number of carbonyl (C=O) groups is 1. The fraction of sp³-hybridized carbons (Fsp3) is 0.900. The lowest BCUT2D eigenvalue weighted by molar-refractivity contribution is -0.284. The van der Waals surface area contributed by atoms with Gasteiger partial charge in [0.05, 0.1) is 11.4 Å². The second-order valence-corrected chi connectivity index (χ2v) is 5.44. The Bertz CT molecular complexity index is 285. The Morgan fingerprint density at radius 3 is 2.44 bits per heavy atom. The van der Waals surface area contributed by atoms with Crippen LogP contribution >= 0.6 is 11.8 Å². The molecule has 1 fully saturated rings. The van der Waals surface area contributed by atoms with Crippen LogP contribution in [0.15, 0.2) is 0 Å². The molecule has 1 aliphatic rings. The second kappa shape index (κ2) is 6.69. The zero-order valence-electron chi connectivity index (χ0n) is 10.1. The normalized spacial score (nSPS) is 38.4. The minimum absolute atomic E-state index is 0.179. The van der Waals surface area contributed by atoms with E-state index in [1.165, 1.54) is 14.0 Å². The number of aliphatic hydroxyl groups excluding tert-OH is 3. The summed E-state index contributed by atoms with van der Waals surface area (Å²) in [7, 11) is 1.31. The molecule has 106 valence electrons. The van der Waals surface area contributed by atoms with Gasteiger partial charge in [-0.25, -0.2) is 0 Å². The van der Waals surface area contributed by atoms with Crippen molar-refractivity contribution in [2.24, 2.45) is 0 Å². The largest absolute Gasteiger partial charge is 0.480 e. The number of methoxy groups -OCH3 is 1. The lowest BCUT2D eigenvalue weighted by Gasteiger charge is -2.39. The third kappa shape index (κ3) is 3.56. The van der Waals surface area contributed by atoms with Crippen LogP contribution in [0.25, 0.3) is 0 Å². The first kappa shape index (κ1) is 15.7. The van der Waals surface area contributed by atoms with Crippen LogP contribution in [0, 0.1) is 0 Å². The predicted octanol–water partition coefficient (Wildman–Crippen LogP) is -1.35. The van der Waals surface area contributed by atoms with Gasteiger partial charge in [0, 0.05) is 12.9 Å². The molecule has 1 heterocycles. The van der Waals surface area contributed by atoms with Gasteiger partial charge in [-0.1, -0.05) is 0 Å². The number of thioether (sulfide) groups is 1. The second-order valence-electron chi connectivity index (χ2n) is 4.06. The van der Waals surface area contributed by atoms with Gasteiger partial charge in [0.25, 0.3) is 0 Å². The number of carboxylic acid groups (broad SMARTS) is 1. The number of ether oxygens (including phenoxy) is 2. The van der Waals surface area contributed by atoms with E-state index in [9.17, 15) is 20.1 Å². The average Bonchev–Trinajstić information content (AvgIpc) is 2.34. The number of carboxylic acids is 1. The van der Waals surface area contributed by atoms with Gasteiger partial charge in [0.15, 0.2) is 6.29 Å². The molecule has 1 rings (SSSR count). The quantitative estimate of drug-likeness (QED) is 0.489. The van der Waals surface area contributed by atoms with E-state index in [1.807, 2.05) is 0 Å². The summed E-state index contributed by atoms with van der Waals surface area (Å²) >= 11 is 1.08. The van der Waals surface area contributed by atoms with Crippen LogP contribution < -0.4 is 0 Å². The molecule has 0 amide bonds. The van der Waals surface area contributed by atoms with E-state index in [1.54, 1.807) is 0 Å². The lowest BCUT2D eigenvalue weighted by Crippen LogP contribution is -2.58. The number of aliphatic carboxylic acids is 1. The summed E-state index contributed by atoms with van der Waals surface area (Å²) < 4.78 is 10.1. The minimum Gasteiger partial charge on any atom is -0.480 e. The van der Waals surface area contributed by atoms with Crippen molar-refractivity contribution in [2.75, 3.05) is 12.9 Å². The van der Waals surface area contributed by atoms with E-state index >= 15 is 0 Å². The zero-order chi connectivity index (χ0) is 13.9. The van der Waals surface area contributed by atoms with Crippen molar-refractivity contribution in [1.82, 2.24) is 0 Å². The first-order valence-electron chi connectivity index (χ1n) is 5.45. The van der Waals surface area contributed by atoms with Crippen LogP contribution in [0.4, 0.5) is 0 Å². The van der Waals surface area contributed by atoms with E-state index < -0.39 is 41.9 Å². The van der Waals surface area contributed by atoms with Crippen molar-refractivity contribution >= 4 is 17.7 Å². The molecule has 0 aromatic heterocycles. The summed E-state index contributed by atoms with van der Waals surface area (Å²) in [5, 5.41) is 36.9. The number of rotatable bonds is 5. The summed E-state index contributed by atoms with van der Waals surface area (Å²) in [4.78, 5) is 10.7. The number of aliphatic hydroxyl groups is 3. The van der Waals surface area contributed by atoms with E-state index in [4.69, 9.17) is 14.6 Å². The Morgan fingerprint density at radius 2 is 1.94 bits per heavy atom. The van der Waals surface area contributed by atoms with Crippen molar-refractivity contribution in [3.05, 3.63) is 0 Å². The maximum absolute atomic E-state index is 10.7. The first-order valence-corrected chi connectivity index (χ1v) is 6.50. The van der Waals surface area contributed by atoms with Gasteiger partial charge in [-0.2, -0.15) is 0 Å². The highest BCUT2D eigenvalue weighted by molar-refractivity contribution is 8.00. The van der Waals surface area contributed by atoms with Gasteiger partial charge < -0.3 is 29.9 Å². The molecule has 0 aromatic carbocycles. The molecule has 0 aromatic rings. The summed E-state index contributed by atoms with van der Waals surface area (Å²) in [6.07, 6.45) is -5.81. The fourth-order valence-electron chi connectivity index (χ4n) is 1.56. The monoisotopic (exact) mass is 282 g/mol. The van der Waals surface area contributed by atoms with Crippen molar-refractivity contribution in [3.63, 3.8) is 0 Å². The van der Waals surface area contributed by atoms with Gasteiger partial charge in [-0.15, -0.1) is 11.8 Å². The fourth-order valence-corrected chi connectivity index (χ4v) is 2.46. The molecule has 0 bridgehead atoms. The highest BCUT2D eigenvalue weighted by atomic mass is 32.2. The molecule has 4 N–H and O–H groups in total. The molecule has 0 radical (unpaired) electrons. The van der Waals surface area contributed by atoms with Crippen LogP contribution in [0.2, 0.25) is 0 Å². The van der Waals surface area contributed by atoms with Crippen LogP contribution in [-0.4, -0.2) is 75.2 Å². The standard InChI is InChI=1S/C10H18O7S/c1-4(9(14)15)18-3-5-6(11)7(12)8(13)10(16-2)17-5/h4-8,10-13H,3H2,1-2H3,(H,14,15)/t4?,5-,6-,7+,8-,10-/m1/s1. The average molecular weight is 282 g/mol. The zero-order valence-corrected chi connectivity index (χ0v) is 10.9. The predicted molar refractivity (Wildman–Crippen MR) is 63.2 cm³/mol. The van der Waals surface area contributed by atoms with Crippen molar-refractivity contribution < 1.29 is 34.7 Å². The van der Waals surface area contributed by atoms with Gasteiger partial charge in [-0.3, -0.25) is 4.79 Å². The van der Waals surface area contributed by atoms with Gasteiger partial charge >= 0.3 is 5.97 Å². The van der Waals surface area contributed by atoms with Crippen molar-refractivity contribution in [2.45, 2.75) is 42.9 Å². The summed E-state index contributed by atoms with van der Waals surface area (Å²) in [6.45, 7) is 1.52. The highest BCUT2D eigenvalue weighted by Crippen LogP contribution is 2.25. The topological polar surface area (TPSA) is 116 Å². The SMILES string of the molecule is CO[C@@H]1O[C@H](CSC(C)C(=O)O)[C@@H](O)[C@H](O)[C@H]1O. The maximum Gasteiger partial charge on any atom is 0.316 e. The van der Waals surface area contributed by atoms with Crippen LogP contribution in [-0.2, 0) is 14.3 Å². The van der Waals surface area contributed by atoms with Crippen LogP contribution in [0.1, 0.15) is 6.92 Å². The summed E-state index contributed by atoms with van der Waals surface area (Å²) in [5.74, 6) is -0.785. The van der Waals surface area contributed by atoms with E-state index in [0.29, 0.717) is 0 Å². The minimum atomic E-state index is -1.38. The first-order chi connectivity index (χ1) is 8.38. The Balaban J connectivity index is 2.56. The molecule has 0 saturated carbocycles. The maximum atomic E-state index is 10.7. The molecule has 1 saturated heterocycles. The van der Waals surface area contributed by atoms with Crippen molar-refractivity contribution in [1.29, 1.82) is 0 Å². The van der Waals surface area contributed by atoms with E-state index in [0.717, 1.165) is 11.8 Å². The van der Waals surface area contributed by atoms with Gasteiger partial charge in [0.1, 0.15) is 18.3 Å². The number of hydrogen-bond acceptors (Lipinski definition) is 7. The van der Waals surface area contributed by atoms with E-state index in [-0.39, 0.29) is 5.75 Å². The highest BCUT2D eigenvalue weighted by Gasteiger charge is 2.43. The molecule has 8 heteroatoms. The molecule has 7 nitrogen and oxygen atoms in total. The molecular weight excluding hydrogens is 264 g/mol. The Morgan fingerprint density at radius 1 is 1.33 bits per heavy atom. The molecule has 18 heavy (non-hydrogen) atoms. The van der Waals surface area contributed by atoms with Gasteiger partial charge in [0.2, 0.25) is 0 Å². The third-order valence-corrected chi connectivity index (χ3v) is 3.98. The third-order valence-electron chi connectivity index (χ3n) is 2.76. The summed E-state index contributed by atoms with van der Waals surface area (Å²) in [6, 6.07) is 0. The smallest absolute Gasteiger partial charge is 0.316 e. The van der Waals surface area contributed by atoms with E-state index in [2.05, 4.69) is 0 Å². The Hall–Kier alpha value is -0.380. The van der Waals surface area contributed by atoms with Crippen LogP contribution in [0.3, 0.4) is 0 Å². The Kier molecular flexibility index (Phi) is 5.83. The molecule has 6 atom stereocenters. The van der Waals surface area contributed by atoms with Crippen LogP contribution in [0.5, 0.6) is 0 Å². The lowest BCUT2D eigenvalue weighted by atomic mass is 10.00. The molecule has 1 unspecified atom stereocenters. The number of hydrogen-bond donors (Lipinski definition) is 4. The Labute approximate surface area is 109 Å². The molecule has 0 spiro atoms. The summed E-state index contributed by atoms with van der Waals surface area (Å²) in [5.41, 5.74) is 0. The molecule has 1 aliphatic heterocycles. The molecule has 0 aliphatic carbocycles.